The van der Waals surface area contributed by atoms with Gasteiger partial charge in [0.05, 0.1) is 16.4 Å². The summed E-state index contributed by atoms with van der Waals surface area (Å²) in [6.07, 6.45) is 3.98. The molecule has 148 valence electrons. The molecule has 0 bridgehead atoms. The zero-order chi connectivity index (χ0) is 19.5. The molecule has 0 amide bonds. The maximum absolute atomic E-state index is 12.8. The van der Waals surface area contributed by atoms with E-state index in [0.29, 0.717) is 18.6 Å². The number of hydrogen-bond acceptors (Lipinski definition) is 5. The predicted octanol–water partition coefficient (Wildman–Crippen LogP) is 3.00. The summed E-state index contributed by atoms with van der Waals surface area (Å²) in [6, 6.07) is 10.3. The number of nitrogens with zero attached hydrogens (tertiary/aromatic N) is 1. The van der Waals surface area contributed by atoms with Crippen LogP contribution in [0.5, 0.6) is 0 Å². The van der Waals surface area contributed by atoms with Crippen molar-refractivity contribution in [1.29, 1.82) is 0 Å². The zero-order valence-electron chi connectivity index (χ0n) is 15.4. The highest BCUT2D eigenvalue weighted by atomic mass is 32.2. The normalized spacial score (nSPS) is 17.2. The van der Waals surface area contributed by atoms with E-state index in [1.54, 1.807) is 24.3 Å². The average Bonchev–Trinajstić information content (AvgIpc) is 3.15. The summed E-state index contributed by atoms with van der Waals surface area (Å²) in [4.78, 5) is 0.263. The lowest BCUT2D eigenvalue weighted by molar-refractivity contribution is 0.345. The van der Waals surface area contributed by atoms with E-state index in [-0.39, 0.29) is 23.7 Å². The number of benzene rings is 1. The Hall–Kier alpha value is -1.64. The summed E-state index contributed by atoms with van der Waals surface area (Å²) in [6.45, 7) is 2.50. The second-order valence-electron chi connectivity index (χ2n) is 6.88. The van der Waals surface area contributed by atoms with Gasteiger partial charge in [0.15, 0.2) is 9.84 Å². The van der Waals surface area contributed by atoms with E-state index < -0.39 is 25.1 Å². The summed E-state index contributed by atoms with van der Waals surface area (Å²) in [5.41, 5.74) is 1.11. The Bertz CT molecular complexity index is 940. The highest BCUT2D eigenvalue weighted by molar-refractivity contribution is 7.91. The molecule has 0 N–H and O–H groups in total. The quantitative estimate of drug-likeness (QED) is 0.699. The zero-order valence-corrected chi connectivity index (χ0v) is 17.0. The lowest BCUT2D eigenvalue weighted by atomic mass is 10.1. The number of piperidine rings is 1. The molecule has 2 heterocycles. The molecular formula is C19H25NO5S2. The van der Waals surface area contributed by atoms with Gasteiger partial charge in [-0.2, -0.15) is 4.31 Å². The van der Waals surface area contributed by atoms with E-state index in [2.05, 4.69) is 6.92 Å². The molecule has 1 saturated heterocycles. The summed E-state index contributed by atoms with van der Waals surface area (Å²) < 4.78 is 57.3. The van der Waals surface area contributed by atoms with Crippen molar-refractivity contribution in [1.82, 2.24) is 4.31 Å². The first-order chi connectivity index (χ1) is 12.8. The summed E-state index contributed by atoms with van der Waals surface area (Å²) in [7, 11) is -6.96. The number of sulfone groups is 1. The van der Waals surface area contributed by atoms with Crippen LogP contribution in [0.4, 0.5) is 0 Å². The molecule has 27 heavy (non-hydrogen) atoms. The lowest BCUT2D eigenvalue weighted by Gasteiger charge is -2.30. The van der Waals surface area contributed by atoms with Crippen LogP contribution in [0.25, 0.3) is 0 Å². The second kappa shape index (κ2) is 8.16. The maximum atomic E-state index is 12.8. The SMILES string of the molecule is CCCc1ccc(S(=O)(=O)N2CCC(S(=O)(=O)Cc3ccco3)CC2)cc1. The first-order valence-corrected chi connectivity index (χ1v) is 12.3. The molecule has 1 aromatic carbocycles. The van der Waals surface area contributed by atoms with Crippen LogP contribution in [-0.2, 0) is 32.0 Å². The number of sulfonamides is 1. The number of aryl methyl sites for hydroxylation is 1. The average molecular weight is 412 g/mol. The van der Waals surface area contributed by atoms with Gasteiger partial charge >= 0.3 is 0 Å². The Balaban J connectivity index is 1.65. The first kappa shape index (κ1) is 20.1. The van der Waals surface area contributed by atoms with Crippen LogP contribution in [0.3, 0.4) is 0 Å². The number of furan rings is 1. The minimum Gasteiger partial charge on any atom is -0.468 e. The summed E-state index contributed by atoms with van der Waals surface area (Å²) in [5, 5.41) is -0.541. The largest absolute Gasteiger partial charge is 0.468 e. The van der Waals surface area contributed by atoms with Crippen LogP contribution in [0, 0.1) is 0 Å². The van der Waals surface area contributed by atoms with Crippen molar-refractivity contribution in [3.63, 3.8) is 0 Å². The summed E-state index contributed by atoms with van der Waals surface area (Å²) >= 11 is 0. The van der Waals surface area contributed by atoms with Gasteiger partial charge in [-0.25, -0.2) is 16.8 Å². The van der Waals surface area contributed by atoms with E-state index in [9.17, 15) is 16.8 Å². The molecule has 1 aliphatic rings. The smallest absolute Gasteiger partial charge is 0.243 e. The first-order valence-electron chi connectivity index (χ1n) is 9.16. The van der Waals surface area contributed by atoms with E-state index >= 15 is 0 Å². The van der Waals surface area contributed by atoms with Gasteiger partial charge in [-0.3, -0.25) is 0 Å². The van der Waals surface area contributed by atoms with Crippen molar-refractivity contribution in [2.45, 2.75) is 48.5 Å². The Labute approximate surface area is 161 Å². The third kappa shape index (κ3) is 4.62. The molecule has 8 heteroatoms. The van der Waals surface area contributed by atoms with Crippen LogP contribution in [0.1, 0.15) is 37.5 Å². The van der Waals surface area contributed by atoms with Crippen LogP contribution in [-0.4, -0.2) is 39.5 Å². The molecule has 6 nitrogen and oxygen atoms in total. The van der Waals surface area contributed by atoms with Crippen molar-refractivity contribution in [3.05, 3.63) is 54.0 Å². The fourth-order valence-corrected chi connectivity index (χ4v) is 6.60. The van der Waals surface area contributed by atoms with Gasteiger partial charge < -0.3 is 4.42 Å². The highest BCUT2D eigenvalue weighted by Gasteiger charge is 2.35. The van der Waals surface area contributed by atoms with Crippen molar-refractivity contribution >= 4 is 19.9 Å². The fourth-order valence-electron chi connectivity index (χ4n) is 3.41. The minimum atomic E-state index is -3.59. The molecule has 0 atom stereocenters. The van der Waals surface area contributed by atoms with Crippen LogP contribution in [0.2, 0.25) is 0 Å². The molecule has 0 aliphatic carbocycles. The third-order valence-corrected chi connectivity index (χ3v) is 9.02. The molecule has 0 radical (unpaired) electrons. The molecule has 0 spiro atoms. The van der Waals surface area contributed by atoms with Crippen LogP contribution < -0.4 is 0 Å². The van der Waals surface area contributed by atoms with Crippen LogP contribution in [0.15, 0.2) is 52.0 Å². The van der Waals surface area contributed by atoms with Crippen molar-refractivity contribution in [3.8, 4) is 0 Å². The fraction of sp³-hybridized carbons (Fsp3) is 0.474. The van der Waals surface area contributed by atoms with E-state index in [1.165, 1.54) is 10.6 Å². The molecular weight excluding hydrogens is 386 g/mol. The second-order valence-corrected chi connectivity index (χ2v) is 11.1. The molecule has 0 saturated carbocycles. The molecule has 0 unspecified atom stereocenters. The number of hydrogen-bond donors (Lipinski definition) is 0. The minimum absolute atomic E-state index is 0.143. The van der Waals surface area contributed by atoms with E-state index in [1.807, 2.05) is 12.1 Å². The van der Waals surface area contributed by atoms with Gasteiger partial charge in [-0.1, -0.05) is 25.5 Å². The van der Waals surface area contributed by atoms with E-state index in [4.69, 9.17) is 4.42 Å². The topological polar surface area (TPSA) is 84.7 Å². The predicted molar refractivity (Wildman–Crippen MR) is 104 cm³/mol. The van der Waals surface area contributed by atoms with Gasteiger partial charge in [0, 0.05) is 13.1 Å². The summed E-state index contributed by atoms with van der Waals surface area (Å²) in [5.74, 6) is 0.272. The Kier molecular flexibility index (Phi) is 6.08. The standard InChI is InChI=1S/C19H25NO5S2/c1-2-4-16-6-8-19(9-7-16)27(23,24)20-12-10-18(11-13-20)26(21,22)15-17-5-3-14-25-17/h3,5-9,14,18H,2,4,10-13,15H2,1H3. The third-order valence-electron chi connectivity index (χ3n) is 4.93. The van der Waals surface area contributed by atoms with Crippen molar-refractivity contribution in [2.75, 3.05) is 13.1 Å². The van der Waals surface area contributed by atoms with Gasteiger partial charge in [0.25, 0.3) is 0 Å². The van der Waals surface area contributed by atoms with Crippen molar-refractivity contribution < 1.29 is 21.3 Å². The molecule has 1 aromatic heterocycles. The Morgan fingerprint density at radius 3 is 2.26 bits per heavy atom. The van der Waals surface area contributed by atoms with Crippen LogP contribution >= 0.6 is 0 Å². The monoisotopic (exact) mass is 411 g/mol. The number of rotatable bonds is 7. The van der Waals surface area contributed by atoms with Gasteiger partial charge in [0.2, 0.25) is 10.0 Å². The van der Waals surface area contributed by atoms with Gasteiger partial charge in [0.1, 0.15) is 11.5 Å². The molecule has 1 aliphatic heterocycles. The van der Waals surface area contributed by atoms with E-state index in [0.717, 1.165) is 18.4 Å². The Morgan fingerprint density at radius 1 is 1.04 bits per heavy atom. The molecule has 3 rings (SSSR count). The van der Waals surface area contributed by atoms with Gasteiger partial charge in [-0.15, -0.1) is 0 Å². The Morgan fingerprint density at radius 2 is 1.70 bits per heavy atom. The lowest BCUT2D eigenvalue weighted by Crippen LogP contribution is -2.42. The van der Waals surface area contributed by atoms with Crippen molar-refractivity contribution in [2.24, 2.45) is 0 Å². The van der Waals surface area contributed by atoms with Gasteiger partial charge in [-0.05, 0) is 49.1 Å². The molecule has 1 fully saturated rings. The maximum Gasteiger partial charge on any atom is 0.243 e. The highest BCUT2D eigenvalue weighted by Crippen LogP contribution is 2.26. The molecule has 2 aromatic rings.